The minimum Gasteiger partial charge on any atom is -0.497 e. The lowest BCUT2D eigenvalue weighted by atomic mass is 10.2. The Morgan fingerprint density at radius 2 is 1.96 bits per heavy atom. The molecule has 0 aliphatic heterocycles. The van der Waals surface area contributed by atoms with Gasteiger partial charge in [-0.25, -0.2) is 4.98 Å². The molecule has 26 heavy (non-hydrogen) atoms. The predicted octanol–water partition coefficient (Wildman–Crippen LogP) is 2.57. The smallest absolute Gasteiger partial charge is 0.266 e. The standard InChI is InChI=1S/C19H19N3O3S/c1-21(2)17(23)12-26-19-20-16-10-5-4-9-15(16)18(24)22(19)13-7-6-8-14(11-13)25-3/h4-11H,12H2,1-3H3. The number of nitrogens with zero attached hydrogens (tertiary/aromatic N) is 3. The molecule has 0 aliphatic carbocycles. The van der Waals surface area contributed by atoms with Crippen LogP contribution in [0.2, 0.25) is 0 Å². The Labute approximate surface area is 155 Å². The summed E-state index contributed by atoms with van der Waals surface area (Å²) in [6.07, 6.45) is 0. The zero-order valence-electron chi connectivity index (χ0n) is 14.8. The van der Waals surface area contributed by atoms with E-state index in [2.05, 4.69) is 4.98 Å². The lowest BCUT2D eigenvalue weighted by Crippen LogP contribution is -2.25. The van der Waals surface area contributed by atoms with Gasteiger partial charge in [-0.3, -0.25) is 14.2 Å². The fourth-order valence-corrected chi connectivity index (χ4v) is 3.43. The molecule has 0 atom stereocenters. The maximum atomic E-state index is 13.1. The van der Waals surface area contributed by atoms with Crippen molar-refractivity contribution in [3.05, 3.63) is 58.9 Å². The third-order valence-corrected chi connectivity index (χ3v) is 4.80. The van der Waals surface area contributed by atoms with E-state index in [0.29, 0.717) is 27.5 Å². The van der Waals surface area contributed by atoms with Crippen LogP contribution in [-0.4, -0.2) is 47.3 Å². The van der Waals surface area contributed by atoms with Crippen molar-refractivity contribution in [2.45, 2.75) is 5.16 Å². The molecule has 0 aliphatic rings. The monoisotopic (exact) mass is 369 g/mol. The second-order valence-corrected chi connectivity index (χ2v) is 6.77. The first-order valence-corrected chi connectivity index (χ1v) is 8.99. The first kappa shape index (κ1) is 18.0. The van der Waals surface area contributed by atoms with Crippen LogP contribution in [0.3, 0.4) is 0 Å². The Morgan fingerprint density at radius 1 is 1.19 bits per heavy atom. The fraction of sp³-hybridized carbons (Fsp3) is 0.211. The minimum atomic E-state index is -0.177. The summed E-state index contributed by atoms with van der Waals surface area (Å²) < 4.78 is 6.80. The van der Waals surface area contributed by atoms with Crippen molar-refractivity contribution in [2.75, 3.05) is 27.0 Å². The Bertz CT molecular complexity index is 1010. The van der Waals surface area contributed by atoms with Crippen molar-refractivity contribution in [1.82, 2.24) is 14.5 Å². The summed E-state index contributed by atoms with van der Waals surface area (Å²) in [5.41, 5.74) is 1.08. The number of para-hydroxylation sites is 1. The van der Waals surface area contributed by atoms with Gasteiger partial charge >= 0.3 is 0 Å². The number of hydrogen-bond acceptors (Lipinski definition) is 5. The van der Waals surface area contributed by atoms with Crippen molar-refractivity contribution in [3.8, 4) is 11.4 Å². The van der Waals surface area contributed by atoms with Gasteiger partial charge in [-0.15, -0.1) is 0 Å². The van der Waals surface area contributed by atoms with Gasteiger partial charge in [-0.1, -0.05) is 30.0 Å². The van der Waals surface area contributed by atoms with Crippen LogP contribution < -0.4 is 10.3 Å². The van der Waals surface area contributed by atoms with E-state index < -0.39 is 0 Å². The lowest BCUT2D eigenvalue weighted by molar-refractivity contribution is -0.125. The quantitative estimate of drug-likeness (QED) is 0.511. The van der Waals surface area contributed by atoms with E-state index in [0.717, 1.165) is 0 Å². The van der Waals surface area contributed by atoms with Gasteiger partial charge in [0, 0.05) is 20.2 Å². The molecule has 0 radical (unpaired) electrons. The molecule has 0 saturated carbocycles. The van der Waals surface area contributed by atoms with E-state index in [-0.39, 0.29) is 17.2 Å². The predicted molar refractivity (Wildman–Crippen MR) is 103 cm³/mol. The van der Waals surface area contributed by atoms with Crippen molar-refractivity contribution >= 4 is 28.6 Å². The Hall–Kier alpha value is -2.80. The zero-order chi connectivity index (χ0) is 18.7. The highest BCUT2D eigenvalue weighted by atomic mass is 32.2. The van der Waals surface area contributed by atoms with Gasteiger partial charge in [-0.2, -0.15) is 0 Å². The molecule has 1 heterocycles. The SMILES string of the molecule is COc1cccc(-n2c(SCC(=O)N(C)C)nc3ccccc3c2=O)c1. The van der Waals surface area contributed by atoms with Crippen molar-refractivity contribution in [2.24, 2.45) is 0 Å². The van der Waals surface area contributed by atoms with Gasteiger partial charge in [0.1, 0.15) is 5.75 Å². The number of ether oxygens (including phenoxy) is 1. The molecule has 0 fully saturated rings. The average molecular weight is 369 g/mol. The number of carbonyl (C=O) groups excluding carboxylic acids is 1. The Morgan fingerprint density at radius 3 is 2.69 bits per heavy atom. The number of thioether (sulfide) groups is 1. The van der Waals surface area contributed by atoms with Gasteiger partial charge in [-0.05, 0) is 24.3 Å². The highest BCUT2D eigenvalue weighted by molar-refractivity contribution is 7.99. The second-order valence-electron chi connectivity index (χ2n) is 5.83. The van der Waals surface area contributed by atoms with E-state index in [4.69, 9.17) is 4.74 Å². The number of amides is 1. The van der Waals surface area contributed by atoms with Crippen molar-refractivity contribution in [3.63, 3.8) is 0 Å². The van der Waals surface area contributed by atoms with Gasteiger partial charge in [0.05, 0.1) is 29.5 Å². The summed E-state index contributed by atoms with van der Waals surface area (Å²) in [5, 5.41) is 0.996. The summed E-state index contributed by atoms with van der Waals surface area (Å²) >= 11 is 1.24. The van der Waals surface area contributed by atoms with Crippen LogP contribution in [0.25, 0.3) is 16.6 Å². The molecule has 0 saturated heterocycles. The first-order valence-electron chi connectivity index (χ1n) is 8.00. The summed E-state index contributed by atoms with van der Waals surface area (Å²) in [6, 6.07) is 14.4. The third-order valence-electron chi connectivity index (χ3n) is 3.88. The maximum Gasteiger partial charge on any atom is 0.266 e. The zero-order valence-corrected chi connectivity index (χ0v) is 15.6. The summed E-state index contributed by atoms with van der Waals surface area (Å²) in [5.74, 6) is 0.791. The molecule has 1 amide bonds. The van der Waals surface area contributed by atoms with E-state index in [9.17, 15) is 9.59 Å². The molecular formula is C19H19N3O3S. The van der Waals surface area contributed by atoms with E-state index in [1.165, 1.54) is 21.2 Å². The molecule has 3 aromatic rings. The minimum absolute atomic E-state index is 0.0467. The molecule has 0 bridgehead atoms. The third kappa shape index (κ3) is 3.57. The number of aromatic nitrogens is 2. The summed E-state index contributed by atoms with van der Waals surface area (Å²) in [7, 11) is 4.98. The second kappa shape index (κ2) is 7.61. The Kier molecular flexibility index (Phi) is 5.27. The number of rotatable bonds is 5. The largest absolute Gasteiger partial charge is 0.497 e. The van der Waals surface area contributed by atoms with Crippen LogP contribution in [0, 0.1) is 0 Å². The highest BCUT2D eigenvalue weighted by Gasteiger charge is 2.15. The molecule has 1 aromatic heterocycles. The van der Waals surface area contributed by atoms with Gasteiger partial charge < -0.3 is 9.64 Å². The molecule has 134 valence electrons. The number of benzene rings is 2. The summed E-state index contributed by atoms with van der Waals surface area (Å²) in [6.45, 7) is 0. The van der Waals surface area contributed by atoms with Gasteiger partial charge in [0.15, 0.2) is 5.16 Å². The molecule has 0 N–H and O–H groups in total. The number of hydrogen-bond donors (Lipinski definition) is 0. The molecular weight excluding hydrogens is 350 g/mol. The van der Waals surface area contributed by atoms with Gasteiger partial charge in [0.2, 0.25) is 5.91 Å². The summed E-state index contributed by atoms with van der Waals surface area (Å²) in [4.78, 5) is 31.2. The fourth-order valence-electron chi connectivity index (χ4n) is 2.44. The van der Waals surface area contributed by atoms with Crippen molar-refractivity contribution in [1.29, 1.82) is 0 Å². The number of fused-ring (bicyclic) bond motifs is 1. The lowest BCUT2D eigenvalue weighted by Gasteiger charge is -2.15. The molecule has 7 heteroatoms. The molecule has 2 aromatic carbocycles. The van der Waals surface area contributed by atoms with E-state index in [1.54, 1.807) is 39.4 Å². The number of methoxy groups -OCH3 is 1. The van der Waals surface area contributed by atoms with Crippen LogP contribution in [0.1, 0.15) is 0 Å². The Balaban J connectivity index is 2.17. The van der Waals surface area contributed by atoms with E-state index >= 15 is 0 Å². The van der Waals surface area contributed by atoms with Crippen LogP contribution >= 0.6 is 11.8 Å². The topological polar surface area (TPSA) is 64.4 Å². The highest BCUT2D eigenvalue weighted by Crippen LogP contribution is 2.23. The van der Waals surface area contributed by atoms with E-state index in [1.807, 2.05) is 30.3 Å². The average Bonchev–Trinajstić information content (AvgIpc) is 2.66. The molecule has 0 unspecified atom stereocenters. The van der Waals surface area contributed by atoms with Crippen LogP contribution in [0.4, 0.5) is 0 Å². The first-order chi connectivity index (χ1) is 12.5. The van der Waals surface area contributed by atoms with Crippen LogP contribution in [0.5, 0.6) is 5.75 Å². The van der Waals surface area contributed by atoms with Crippen LogP contribution in [-0.2, 0) is 4.79 Å². The van der Waals surface area contributed by atoms with Crippen molar-refractivity contribution < 1.29 is 9.53 Å². The normalized spacial score (nSPS) is 10.7. The van der Waals surface area contributed by atoms with Crippen LogP contribution in [0.15, 0.2) is 58.5 Å². The maximum absolute atomic E-state index is 13.1. The molecule has 6 nitrogen and oxygen atoms in total. The molecule has 3 rings (SSSR count). The molecule has 0 spiro atoms. The number of carbonyl (C=O) groups is 1. The van der Waals surface area contributed by atoms with Gasteiger partial charge in [0.25, 0.3) is 5.56 Å².